The Morgan fingerprint density at radius 3 is 2.46 bits per heavy atom. The molecule has 8 nitrogen and oxygen atoms in total. The van der Waals surface area contributed by atoms with E-state index in [9.17, 15) is 14.4 Å². The molecule has 2 amide bonds. The van der Waals surface area contributed by atoms with Crippen LogP contribution in [-0.4, -0.2) is 37.6 Å². The van der Waals surface area contributed by atoms with Crippen molar-refractivity contribution in [1.82, 2.24) is 19.8 Å². The molecule has 0 radical (unpaired) electrons. The van der Waals surface area contributed by atoms with E-state index in [-0.39, 0.29) is 17.7 Å². The lowest BCUT2D eigenvalue weighted by Crippen LogP contribution is -2.34. The summed E-state index contributed by atoms with van der Waals surface area (Å²) in [5, 5.41) is 5.30. The number of benzene rings is 1. The molecular formula is C16H10N4O4. The number of amides is 2. The first kappa shape index (κ1) is 14.1. The second-order valence-electron chi connectivity index (χ2n) is 5.13. The van der Waals surface area contributed by atoms with E-state index in [4.69, 9.17) is 4.84 Å². The zero-order valence-corrected chi connectivity index (χ0v) is 12.2. The van der Waals surface area contributed by atoms with Crippen LogP contribution in [0.3, 0.4) is 0 Å². The lowest BCUT2D eigenvalue weighted by molar-refractivity contribution is -0.169. The second-order valence-corrected chi connectivity index (χ2v) is 5.13. The maximum atomic E-state index is 12.2. The van der Waals surface area contributed by atoms with Gasteiger partial charge in [0.1, 0.15) is 6.54 Å². The van der Waals surface area contributed by atoms with Crippen LogP contribution in [0.2, 0.25) is 0 Å². The van der Waals surface area contributed by atoms with Crippen molar-refractivity contribution in [2.75, 3.05) is 0 Å². The van der Waals surface area contributed by atoms with Gasteiger partial charge in [-0.2, -0.15) is 5.10 Å². The standard InChI is InChI=1S/C16H10N4O4/c21-13(9-19-14-10(8-18-19)4-3-7-17-14)24-20-15(22)11-5-1-2-6-12(11)16(20)23/h1-8H,9H2. The van der Waals surface area contributed by atoms with Gasteiger partial charge in [-0.3, -0.25) is 9.59 Å². The summed E-state index contributed by atoms with van der Waals surface area (Å²) in [7, 11) is 0. The molecule has 0 atom stereocenters. The molecule has 3 heterocycles. The van der Waals surface area contributed by atoms with Gasteiger partial charge in [0, 0.05) is 11.6 Å². The summed E-state index contributed by atoms with van der Waals surface area (Å²) in [4.78, 5) is 45.5. The molecule has 24 heavy (non-hydrogen) atoms. The normalized spacial score (nSPS) is 13.4. The zero-order chi connectivity index (χ0) is 16.7. The third kappa shape index (κ3) is 2.12. The number of nitrogens with zero attached hydrogens (tertiary/aromatic N) is 4. The van der Waals surface area contributed by atoms with E-state index in [1.165, 1.54) is 16.8 Å². The average molecular weight is 322 g/mol. The van der Waals surface area contributed by atoms with Gasteiger partial charge >= 0.3 is 5.97 Å². The Hall–Kier alpha value is -3.55. The van der Waals surface area contributed by atoms with E-state index in [2.05, 4.69) is 10.1 Å². The zero-order valence-electron chi connectivity index (χ0n) is 12.2. The van der Waals surface area contributed by atoms with Gasteiger partial charge in [0.15, 0.2) is 5.65 Å². The Morgan fingerprint density at radius 1 is 1.04 bits per heavy atom. The van der Waals surface area contributed by atoms with Gasteiger partial charge in [0.25, 0.3) is 11.8 Å². The average Bonchev–Trinajstić information content (AvgIpc) is 3.11. The maximum Gasteiger partial charge on any atom is 0.354 e. The molecule has 118 valence electrons. The van der Waals surface area contributed by atoms with Gasteiger partial charge in [-0.25, -0.2) is 14.5 Å². The summed E-state index contributed by atoms with van der Waals surface area (Å²) >= 11 is 0. The molecular weight excluding hydrogens is 312 g/mol. The van der Waals surface area contributed by atoms with Crippen LogP contribution in [0.4, 0.5) is 0 Å². The van der Waals surface area contributed by atoms with Crippen LogP contribution < -0.4 is 0 Å². The number of hydrogen-bond acceptors (Lipinski definition) is 6. The highest BCUT2D eigenvalue weighted by Gasteiger charge is 2.38. The molecule has 0 saturated heterocycles. The molecule has 8 heteroatoms. The van der Waals surface area contributed by atoms with Crippen LogP contribution in [0, 0.1) is 0 Å². The lowest BCUT2D eigenvalue weighted by Gasteiger charge is -2.12. The van der Waals surface area contributed by atoms with E-state index >= 15 is 0 Å². The van der Waals surface area contributed by atoms with Gasteiger partial charge in [-0.15, -0.1) is 0 Å². The molecule has 4 rings (SSSR count). The molecule has 0 N–H and O–H groups in total. The molecule has 3 aromatic rings. The predicted octanol–water partition coefficient (Wildman–Crippen LogP) is 1.19. The van der Waals surface area contributed by atoms with Crippen molar-refractivity contribution in [3.05, 3.63) is 59.9 Å². The Morgan fingerprint density at radius 2 is 1.75 bits per heavy atom. The highest BCUT2D eigenvalue weighted by Crippen LogP contribution is 2.22. The minimum absolute atomic E-state index is 0.210. The Balaban J connectivity index is 1.53. The molecule has 0 spiro atoms. The number of hydroxylamine groups is 2. The van der Waals surface area contributed by atoms with Crippen molar-refractivity contribution < 1.29 is 19.2 Å². The van der Waals surface area contributed by atoms with Gasteiger partial charge in [-0.1, -0.05) is 17.2 Å². The first-order chi connectivity index (χ1) is 11.6. The first-order valence-corrected chi connectivity index (χ1v) is 7.10. The van der Waals surface area contributed by atoms with E-state index in [1.807, 2.05) is 0 Å². The van der Waals surface area contributed by atoms with E-state index < -0.39 is 17.8 Å². The van der Waals surface area contributed by atoms with Gasteiger partial charge in [0.2, 0.25) is 0 Å². The summed E-state index contributed by atoms with van der Waals surface area (Å²) in [6, 6.07) is 9.85. The smallest absolute Gasteiger partial charge is 0.328 e. The van der Waals surface area contributed by atoms with Crippen LogP contribution in [0.5, 0.6) is 0 Å². The summed E-state index contributed by atoms with van der Waals surface area (Å²) in [5.41, 5.74) is 0.930. The van der Waals surface area contributed by atoms with E-state index in [1.54, 1.807) is 36.7 Å². The van der Waals surface area contributed by atoms with Crippen LogP contribution in [0.15, 0.2) is 48.8 Å². The largest absolute Gasteiger partial charge is 0.354 e. The fourth-order valence-electron chi connectivity index (χ4n) is 2.53. The number of hydrogen-bond donors (Lipinski definition) is 0. The van der Waals surface area contributed by atoms with Crippen LogP contribution in [-0.2, 0) is 16.2 Å². The van der Waals surface area contributed by atoms with Crippen molar-refractivity contribution in [3.63, 3.8) is 0 Å². The molecule has 1 aromatic carbocycles. The van der Waals surface area contributed by atoms with Gasteiger partial charge in [-0.05, 0) is 24.3 Å². The number of carbonyl (C=O) groups is 3. The maximum absolute atomic E-state index is 12.2. The highest BCUT2D eigenvalue weighted by atomic mass is 16.7. The molecule has 2 aromatic heterocycles. The van der Waals surface area contributed by atoms with Crippen molar-refractivity contribution in [2.45, 2.75) is 6.54 Å². The number of aromatic nitrogens is 3. The quantitative estimate of drug-likeness (QED) is 0.672. The molecule has 0 saturated carbocycles. The molecule has 1 aliphatic rings. The fourth-order valence-corrected chi connectivity index (χ4v) is 2.53. The SMILES string of the molecule is O=C(Cn1ncc2cccnc21)ON1C(=O)c2ccccc2C1=O. The van der Waals surface area contributed by atoms with E-state index in [0.717, 1.165) is 5.39 Å². The predicted molar refractivity (Wildman–Crippen MR) is 80.6 cm³/mol. The van der Waals surface area contributed by atoms with Crippen molar-refractivity contribution in [1.29, 1.82) is 0 Å². The van der Waals surface area contributed by atoms with Crippen molar-refractivity contribution >= 4 is 28.8 Å². The monoisotopic (exact) mass is 322 g/mol. The van der Waals surface area contributed by atoms with Crippen molar-refractivity contribution in [2.24, 2.45) is 0 Å². The molecule has 0 bridgehead atoms. The third-order valence-corrected chi connectivity index (χ3v) is 3.63. The Kier molecular flexibility index (Phi) is 3.09. The minimum atomic E-state index is -0.792. The number of pyridine rings is 1. The molecule has 0 unspecified atom stereocenters. The molecule has 1 aliphatic heterocycles. The summed E-state index contributed by atoms with van der Waals surface area (Å²) in [6.07, 6.45) is 3.15. The first-order valence-electron chi connectivity index (χ1n) is 7.10. The molecule has 0 fully saturated rings. The topological polar surface area (TPSA) is 94.4 Å². The Labute approximate surface area is 135 Å². The second kappa shape index (κ2) is 5.27. The fraction of sp³-hybridized carbons (Fsp3) is 0.0625. The van der Waals surface area contributed by atoms with Crippen LogP contribution in [0.25, 0.3) is 11.0 Å². The summed E-state index contributed by atoms with van der Waals surface area (Å²) in [6.45, 7) is -0.270. The highest BCUT2D eigenvalue weighted by molar-refractivity contribution is 6.20. The number of rotatable bonds is 3. The van der Waals surface area contributed by atoms with Gasteiger partial charge in [0.05, 0.1) is 17.3 Å². The third-order valence-electron chi connectivity index (χ3n) is 3.63. The molecule has 0 aliphatic carbocycles. The number of fused-ring (bicyclic) bond motifs is 2. The van der Waals surface area contributed by atoms with Gasteiger partial charge < -0.3 is 4.84 Å². The number of imide groups is 1. The Bertz CT molecular complexity index is 959. The summed E-state index contributed by atoms with van der Waals surface area (Å²) in [5.74, 6) is -2.11. The van der Waals surface area contributed by atoms with E-state index in [0.29, 0.717) is 10.7 Å². The number of carbonyl (C=O) groups excluding carboxylic acids is 3. The summed E-state index contributed by atoms with van der Waals surface area (Å²) < 4.78 is 1.34. The lowest BCUT2D eigenvalue weighted by atomic mass is 10.1. The van der Waals surface area contributed by atoms with Crippen LogP contribution in [0.1, 0.15) is 20.7 Å². The van der Waals surface area contributed by atoms with Crippen LogP contribution >= 0.6 is 0 Å². The minimum Gasteiger partial charge on any atom is -0.328 e. The van der Waals surface area contributed by atoms with Crippen molar-refractivity contribution in [3.8, 4) is 0 Å².